The van der Waals surface area contributed by atoms with Gasteiger partial charge in [-0.25, -0.2) is 0 Å². The molecule has 0 aromatic heterocycles. The maximum Gasteiger partial charge on any atom is 0.422 e. The van der Waals surface area contributed by atoms with Crippen LogP contribution in [0.15, 0.2) is 48.5 Å². The first-order chi connectivity index (χ1) is 13.8. The zero-order valence-corrected chi connectivity index (χ0v) is 16.3. The monoisotopic (exact) mass is 406 g/mol. The smallest absolute Gasteiger partial charge is 0.422 e. The summed E-state index contributed by atoms with van der Waals surface area (Å²) in [5.74, 6) is 0.636. The molecule has 2 aromatic carbocycles. The fraction of sp³-hybridized carbons (Fsp3) is 0.409. The van der Waals surface area contributed by atoms with Gasteiger partial charge in [0, 0.05) is 19.0 Å². The summed E-state index contributed by atoms with van der Waals surface area (Å²) in [6, 6.07) is 14.7. The number of ether oxygens (including phenoxy) is 1. The molecule has 0 saturated carbocycles. The van der Waals surface area contributed by atoms with Crippen molar-refractivity contribution in [3.05, 3.63) is 54.1 Å². The van der Waals surface area contributed by atoms with Gasteiger partial charge in [0.1, 0.15) is 5.75 Å². The van der Waals surface area contributed by atoms with Gasteiger partial charge in [-0.2, -0.15) is 13.2 Å². The number of alkyl halides is 3. The van der Waals surface area contributed by atoms with Gasteiger partial charge in [0.15, 0.2) is 6.61 Å². The summed E-state index contributed by atoms with van der Waals surface area (Å²) in [6.07, 6.45) is -2.78. The van der Waals surface area contributed by atoms with E-state index in [1.165, 1.54) is 12.1 Å². The number of carbonyl (C=O) groups excluding carboxylic acids is 1. The Morgan fingerprint density at radius 2 is 1.72 bits per heavy atom. The Morgan fingerprint density at radius 1 is 1.10 bits per heavy atom. The van der Waals surface area contributed by atoms with Crippen molar-refractivity contribution in [1.82, 2.24) is 10.6 Å². The number of rotatable bonds is 7. The lowest BCUT2D eigenvalue weighted by molar-refractivity contribution is -0.153. The molecular weight excluding hydrogens is 381 g/mol. The molecule has 1 amide bonds. The van der Waals surface area contributed by atoms with Gasteiger partial charge < -0.3 is 15.4 Å². The molecule has 1 saturated heterocycles. The summed E-state index contributed by atoms with van der Waals surface area (Å²) >= 11 is 0. The second kappa shape index (κ2) is 9.31. The van der Waals surface area contributed by atoms with Gasteiger partial charge >= 0.3 is 6.18 Å². The van der Waals surface area contributed by atoms with Crippen LogP contribution >= 0.6 is 0 Å². The van der Waals surface area contributed by atoms with Crippen molar-refractivity contribution >= 4 is 5.91 Å². The molecule has 0 spiro atoms. The number of nitrogens with one attached hydrogen (secondary N) is 2. The van der Waals surface area contributed by atoms with Gasteiger partial charge in [-0.3, -0.25) is 4.79 Å². The Hall–Kier alpha value is -2.54. The van der Waals surface area contributed by atoms with Crippen molar-refractivity contribution in [1.29, 1.82) is 0 Å². The minimum absolute atomic E-state index is 0.0597. The van der Waals surface area contributed by atoms with E-state index in [2.05, 4.69) is 17.6 Å². The molecule has 7 heteroatoms. The first-order valence-electron chi connectivity index (χ1n) is 9.67. The van der Waals surface area contributed by atoms with E-state index in [-0.39, 0.29) is 11.7 Å². The lowest BCUT2D eigenvalue weighted by Crippen LogP contribution is -2.25. The highest BCUT2D eigenvalue weighted by molar-refractivity contribution is 5.76. The van der Waals surface area contributed by atoms with Crippen LogP contribution in [0.2, 0.25) is 0 Å². The highest BCUT2D eigenvalue weighted by atomic mass is 19.4. The van der Waals surface area contributed by atoms with E-state index in [0.717, 1.165) is 29.7 Å². The largest absolute Gasteiger partial charge is 0.484 e. The highest BCUT2D eigenvalue weighted by Crippen LogP contribution is 2.24. The topological polar surface area (TPSA) is 50.4 Å². The summed E-state index contributed by atoms with van der Waals surface area (Å²) in [6.45, 7) is 2.19. The van der Waals surface area contributed by atoms with Gasteiger partial charge in [-0.1, -0.05) is 36.4 Å². The predicted molar refractivity (Wildman–Crippen MR) is 105 cm³/mol. The SMILES string of the molecule is CC1C[C@@H](CC(=O)NCc2ccc(-c3ccc(OCC(F)(F)F)cc3)cc2)CN1. The summed E-state index contributed by atoms with van der Waals surface area (Å²) in [5, 5.41) is 6.31. The van der Waals surface area contributed by atoms with Crippen LogP contribution in [0.25, 0.3) is 11.1 Å². The normalized spacial score (nSPS) is 19.2. The molecule has 1 aliphatic heterocycles. The number of hydrogen-bond acceptors (Lipinski definition) is 3. The molecule has 2 atom stereocenters. The van der Waals surface area contributed by atoms with Crippen LogP contribution in [0.5, 0.6) is 5.75 Å². The van der Waals surface area contributed by atoms with E-state index >= 15 is 0 Å². The number of halogens is 3. The van der Waals surface area contributed by atoms with Crippen LogP contribution in [0.3, 0.4) is 0 Å². The van der Waals surface area contributed by atoms with E-state index in [4.69, 9.17) is 4.74 Å². The molecule has 3 rings (SSSR count). The molecule has 1 unspecified atom stereocenters. The number of hydrogen-bond donors (Lipinski definition) is 2. The van der Waals surface area contributed by atoms with Crippen LogP contribution in [-0.4, -0.2) is 31.3 Å². The van der Waals surface area contributed by atoms with E-state index in [1.54, 1.807) is 12.1 Å². The number of carbonyl (C=O) groups is 1. The minimum Gasteiger partial charge on any atom is -0.484 e. The zero-order chi connectivity index (χ0) is 20.9. The Bertz CT molecular complexity index is 804. The second-order valence-corrected chi connectivity index (χ2v) is 7.52. The lowest BCUT2D eigenvalue weighted by Gasteiger charge is -2.11. The molecular formula is C22H25F3N2O2. The summed E-state index contributed by atoms with van der Waals surface area (Å²) < 4.78 is 41.3. The average molecular weight is 406 g/mol. The Balaban J connectivity index is 1.48. The Labute approximate surface area is 168 Å². The van der Waals surface area contributed by atoms with Crippen molar-refractivity contribution in [3.8, 4) is 16.9 Å². The third-order valence-corrected chi connectivity index (χ3v) is 4.95. The fourth-order valence-corrected chi connectivity index (χ4v) is 3.45. The van der Waals surface area contributed by atoms with Gasteiger partial charge in [0.05, 0.1) is 0 Å². The van der Waals surface area contributed by atoms with E-state index in [0.29, 0.717) is 24.9 Å². The van der Waals surface area contributed by atoms with Gasteiger partial charge in [0.25, 0.3) is 0 Å². The van der Waals surface area contributed by atoms with Crippen molar-refractivity contribution in [3.63, 3.8) is 0 Å². The van der Waals surface area contributed by atoms with Crippen LogP contribution in [0.1, 0.15) is 25.3 Å². The van der Waals surface area contributed by atoms with Crippen molar-refractivity contribution in [2.75, 3.05) is 13.2 Å². The highest BCUT2D eigenvalue weighted by Gasteiger charge is 2.28. The second-order valence-electron chi connectivity index (χ2n) is 7.52. The molecule has 4 nitrogen and oxygen atoms in total. The summed E-state index contributed by atoms with van der Waals surface area (Å²) in [5.41, 5.74) is 2.81. The molecule has 0 aliphatic carbocycles. The predicted octanol–water partition coefficient (Wildman–Crippen LogP) is 4.30. The fourth-order valence-electron chi connectivity index (χ4n) is 3.45. The van der Waals surface area contributed by atoms with Crippen LogP contribution in [-0.2, 0) is 11.3 Å². The van der Waals surface area contributed by atoms with Crippen LogP contribution in [0.4, 0.5) is 13.2 Å². The maximum absolute atomic E-state index is 12.2. The van der Waals surface area contributed by atoms with E-state index < -0.39 is 12.8 Å². The zero-order valence-electron chi connectivity index (χ0n) is 16.3. The first-order valence-corrected chi connectivity index (χ1v) is 9.67. The van der Waals surface area contributed by atoms with Gasteiger partial charge in [-0.15, -0.1) is 0 Å². The third kappa shape index (κ3) is 6.78. The van der Waals surface area contributed by atoms with E-state index in [9.17, 15) is 18.0 Å². The molecule has 0 radical (unpaired) electrons. The molecule has 1 fully saturated rings. The summed E-state index contributed by atoms with van der Waals surface area (Å²) in [7, 11) is 0. The molecule has 2 N–H and O–H groups in total. The standard InChI is InChI=1S/C22H25F3N2O2/c1-15-10-17(13-26-15)11-21(28)27-12-16-2-4-18(5-3-16)19-6-8-20(9-7-19)29-14-22(23,24)25/h2-9,15,17,26H,10-14H2,1H3,(H,27,28)/t15?,17-/m0/s1. The van der Waals surface area contributed by atoms with Crippen LogP contribution < -0.4 is 15.4 Å². The molecule has 0 bridgehead atoms. The average Bonchev–Trinajstić information content (AvgIpc) is 3.09. The number of amides is 1. The van der Waals surface area contributed by atoms with Gasteiger partial charge in [0.2, 0.25) is 5.91 Å². The lowest BCUT2D eigenvalue weighted by atomic mass is 10.0. The van der Waals surface area contributed by atoms with Gasteiger partial charge in [-0.05, 0) is 54.6 Å². The quantitative estimate of drug-likeness (QED) is 0.721. The minimum atomic E-state index is -4.35. The third-order valence-electron chi connectivity index (χ3n) is 4.95. The molecule has 156 valence electrons. The molecule has 1 heterocycles. The Morgan fingerprint density at radius 3 is 2.28 bits per heavy atom. The summed E-state index contributed by atoms with van der Waals surface area (Å²) in [4.78, 5) is 12.1. The van der Waals surface area contributed by atoms with E-state index in [1.807, 2.05) is 24.3 Å². The molecule has 2 aromatic rings. The van der Waals surface area contributed by atoms with Crippen molar-refractivity contribution in [2.24, 2.45) is 5.92 Å². The molecule has 1 aliphatic rings. The first kappa shape index (κ1) is 21.2. The number of benzene rings is 2. The van der Waals surface area contributed by atoms with Crippen LogP contribution in [0, 0.1) is 5.92 Å². The maximum atomic E-state index is 12.2. The Kier molecular flexibility index (Phi) is 6.79. The van der Waals surface area contributed by atoms with Crippen molar-refractivity contribution < 1.29 is 22.7 Å². The van der Waals surface area contributed by atoms with Crippen molar-refractivity contribution in [2.45, 2.75) is 38.5 Å². The molecule has 29 heavy (non-hydrogen) atoms.